The van der Waals surface area contributed by atoms with Crippen LogP contribution in [0.4, 0.5) is 5.69 Å². The Morgan fingerprint density at radius 1 is 1.06 bits per heavy atom. The first-order chi connectivity index (χ1) is 7.78. The van der Waals surface area contributed by atoms with Crippen molar-refractivity contribution >= 4 is 11.8 Å². The fraction of sp³-hybridized carbons (Fsp3) is 0.462. The molecule has 0 aromatic heterocycles. The summed E-state index contributed by atoms with van der Waals surface area (Å²) in [5.74, 6) is 0. The molecule has 0 bridgehead atoms. The fourth-order valence-electron chi connectivity index (χ4n) is 1.23. The molecule has 0 heterocycles. The van der Waals surface area contributed by atoms with Gasteiger partial charge in [0.2, 0.25) is 6.08 Å². The lowest BCUT2D eigenvalue weighted by molar-refractivity contribution is 0.321. The van der Waals surface area contributed by atoms with Crippen LogP contribution in [0.2, 0.25) is 0 Å². The number of para-hydroxylation sites is 1. The van der Waals surface area contributed by atoms with Crippen LogP contribution in [0.3, 0.4) is 0 Å². The summed E-state index contributed by atoms with van der Waals surface area (Å²) in [5.41, 5.74) is 0.646. The Kier molecular flexibility index (Phi) is 13.3. The largest absolute Gasteiger partial charge is 0.412 e. The van der Waals surface area contributed by atoms with E-state index in [1.807, 2.05) is 18.2 Å². The van der Waals surface area contributed by atoms with E-state index in [9.17, 15) is 4.79 Å². The zero-order chi connectivity index (χ0) is 12.2. The van der Waals surface area contributed by atoms with Gasteiger partial charge in [-0.3, -0.25) is 0 Å². The minimum atomic E-state index is 0. The summed E-state index contributed by atoms with van der Waals surface area (Å²) < 4.78 is 0. The van der Waals surface area contributed by atoms with Gasteiger partial charge in [-0.15, -0.1) is 0 Å². The molecule has 96 valence electrons. The first kappa shape index (κ1) is 17.9. The molecule has 0 saturated heterocycles. The molecular formula is C13H22N2O2. The second kappa shape index (κ2) is 12.6. The third-order valence-corrected chi connectivity index (χ3v) is 2.27. The third-order valence-electron chi connectivity index (χ3n) is 2.27. The van der Waals surface area contributed by atoms with E-state index in [0.717, 1.165) is 0 Å². The fourth-order valence-corrected chi connectivity index (χ4v) is 1.23. The van der Waals surface area contributed by atoms with Crippen molar-refractivity contribution in [1.29, 1.82) is 0 Å². The molecule has 0 spiro atoms. The molecule has 0 amide bonds. The Labute approximate surface area is 103 Å². The molecule has 0 atom stereocenters. The number of rotatable bonds is 4. The molecule has 0 saturated carbocycles. The number of isocyanates is 1. The molecule has 0 aliphatic rings. The Morgan fingerprint density at radius 3 is 1.82 bits per heavy atom. The van der Waals surface area contributed by atoms with Crippen LogP contribution in [0, 0.1) is 0 Å². The highest BCUT2D eigenvalue weighted by molar-refractivity contribution is 5.47. The maximum absolute atomic E-state index is 9.68. The maximum atomic E-state index is 9.68. The summed E-state index contributed by atoms with van der Waals surface area (Å²) >= 11 is 0. The van der Waals surface area contributed by atoms with Crippen molar-refractivity contribution in [3.05, 3.63) is 30.3 Å². The average Bonchev–Trinajstić information content (AvgIpc) is 2.34. The van der Waals surface area contributed by atoms with Gasteiger partial charge in [0.05, 0.1) is 5.69 Å². The van der Waals surface area contributed by atoms with E-state index in [-0.39, 0.29) is 5.48 Å². The van der Waals surface area contributed by atoms with Crippen molar-refractivity contribution in [2.24, 2.45) is 4.99 Å². The van der Waals surface area contributed by atoms with Crippen LogP contribution in [-0.4, -0.2) is 36.1 Å². The van der Waals surface area contributed by atoms with Gasteiger partial charge in [0, 0.05) is 0 Å². The van der Waals surface area contributed by atoms with E-state index in [1.54, 1.807) is 12.1 Å². The summed E-state index contributed by atoms with van der Waals surface area (Å²) in [5, 5.41) is 0. The summed E-state index contributed by atoms with van der Waals surface area (Å²) in [7, 11) is 0. The summed E-state index contributed by atoms with van der Waals surface area (Å²) in [4.78, 5) is 15.5. The molecular weight excluding hydrogens is 216 g/mol. The third kappa shape index (κ3) is 9.45. The van der Waals surface area contributed by atoms with E-state index < -0.39 is 0 Å². The number of hydrogen-bond donors (Lipinski definition) is 0. The van der Waals surface area contributed by atoms with Crippen LogP contribution in [0.25, 0.3) is 0 Å². The van der Waals surface area contributed by atoms with Gasteiger partial charge in [-0.2, -0.15) is 4.99 Å². The quantitative estimate of drug-likeness (QED) is 0.596. The molecule has 0 aliphatic carbocycles. The van der Waals surface area contributed by atoms with E-state index >= 15 is 0 Å². The van der Waals surface area contributed by atoms with Crippen LogP contribution in [0.5, 0.6) is 0 Å². The Balaban J connectivity index is 0. The lowest BCUT2D eigenvalue weighted by atomic mass is 10.3. The zero-order valence-electron chi connectivity index (χ0n) is 10.8. The highest BCUT2D eigenvalue weighted by Crippen LogP contribution is 2.06. The molecule has 1 aromatic carbocycles. The Hall–Kier alpha value is -1.48. The molecule has 1 rings (SSSR count). The van der Waals surface area contributed by atoms with Crippen molar-refractivity contribution in [2.75, 3.05) is 19.6 Å². The van der Waals surface area contributed by atoms with Crippen molar-refractivity contribution < 1.29 is 10.3 Å². The second-order valence-electron chi connectivity index (χ2n) is 3.16. The average molecular weight is 238 g/mol. The summed E-state index contributed by atoms with van der Waals surface area (Å²) in [6, 6.07) is 8.98. The van der Waals surface area contributed by atoms with Crippen LogP contribution in [-0.2, 0) is 4.79 Å². The van der Waals surface area contributed by atoms with Gasteiger partial charge in [0.1, 0.15) is 0 Å². The number of benzene rings is 1. The highest BCUT2D eigenvalue weighted by atomic mass is 16.1. The minimum absolute atomic E-state index is 0. The topological polar surface area (TPSA) is 64.2 Å². The van der Waals surface area contributed by atoms with Crippen LogP contribution in [0.1, 0.15) is 20.8 Å². The van der Waals surface area contributed by atoms with Crippen molar-refractivity contribution in [3.8, 4) is 0 Å². The lowest BCUT2D eigenvalue weighted by Crippen LogP contribution is -2.21. The highest BCUT2D eigenvalue weighted by Gasteiger charge is 1.89. The molecule has 17 heavy (non-hydrogen) atoms. The lowest BCUT2D eigenvalue weighted by Gasteiger charge is -2.13. The number of hydrogen-bond acceptors (Lipinski definition) is 3. The molecule has 4 heteroatoms. The van der Waals surface area contributed by atoms with Gasteiger partial charge in [-0.25, -0.2) is 4.79 Å². The summed E-state index contributed by atoms with van der Waals surface area (Å²) in [6.07, 6.45) is 1.46. The Morgan fingerprint density at radius 2 is 1.53 bits per heavy atom. The minimum Gasteiger partial charge on any atom is -0.412 e. The first-order valence-corrected chi connectivity index (χ1v) is 5.63. The molecule has 0 aliphatic heterocycles. The molecule has 2 N–H and O–H groups in total. The van der Waals surface area contributed by atoms with Gasteiger partial charge in [-0.05, 0) is 31.8 Å². The number of carbonyl (C=O) groups excluding carboxylic acids is 1. The number of nitrogens with zero attached hydrogens (tertiary/aromatic N) is 2. The van der Waals surface area contributed by atoms with Gasteiger partial charge in [0.15, 0.2) is 0 Å². The molecule has 4 nitrogen and oxygen atoms in total. The van der Waals surface area contributed by atoms with Crippen LogP contribution >= 0.6 is 0 Å². The van der Waals surface area contributed by atoms with Crippen LogP contribution in [0.15, 0.2) is 35.3 Å². The monoisotopic (exact) mass is 238 g/mol. The predicted octanol–water partition coefficient (Wildman–Crippen LogP) is 2.18. The van der Waals surface area contributed by atoms with Gasteiger partial charge < -0.3 is 10.4 Å². The maximum Gasteiger partial charge on any atom is 0.240 e. The zero-order valence-corrected chi connectivity index (χ0v) is 10.8. The van der Waals surface area contributed by atoms with Gasteiger partial charge >= 0.3 is 0 Å². The summed E-state index contributed by atoms with van der Waals surface area (Å²) in [6.45, 7) is 10.1. The van der Waals surface area contributed by atoms with Gasteiger partial charge in [0.25, 0.3) is 0 Å². The second-order valence-corrected chi connectivity index (χ2v) is 3.16. The first-order valence-electron chi connectivity index (χ1n) is 5.63. The molecule has 0 fully saturated rings. The standard InChI is InChI=1S/C7H5NO.C6H15N.H2O/c9-6-8-7-4-2-1-3-5-7;1-4-7(5-2)6-3;/h1-5H;4-6H2,1-3H3;1H2. The van der Waals surface area contributed by atoms with Crippen molar-refractivity contribution in [2.45, 2.75) is 20.8 Å². The molecule has 0 unspecified atom stereocenters. The molecule has 0 radical (unpaired) electrons. The van der Waals surface area contributed by atoms with E-state index in [2.05, 4.69) is 30.7 Å². The molecule has 1 aromatic rings. The predicted molar refractivity (Wildman–Crippen MR) is 71.3 cm³/mol. The van der Waals surface area contributed by atoms with E-state index in [0.29, 0.717) is 5.69 Å². The normalized spacial score (nSPS) is 8.47. The van der Waals surface area contributed by atoms with E-state index in [1.165, 1.54) is 25.7 Å². The van der Waals surface area contributed by atoms with Gasteiger partial charge in [-0.1, -0.05) is 39.0 Å². The van der Waals surface area contributed by atoms with Crippen molar-refractivity contribution in [3.63, 3.8) is 0 Å². The SMILES string of the molecule is CCN(CC)CC.O.O=C=Nc1ccccc1. The smallest absolute Gasteiger partial charge is 0.240 e. The number of aliphatic imine (C=N–C) groups is 1. The van der Waals surface area contributed by atoms with Crippen molar-refractivity contribution in [1.82, 2.24) is 4.90 Å². The van der Waals surface area contributed by atoms with Crippen LogP contribution < -0.4 is 0 Å². The van der Waals surface area contributed by atoms with E-state index in [4.69, 9.17) is 0 Å². The Bertz CT molecular complexity index is 299.